The number of aromatic hydroxyl groups is 1. The van der Waals surface area contributed by atoms with Crippen LogP contribution in [0.4, 0.5) is 0 Å². The Hall–Kier alpha value is -2.58. The van der Waals surface area contributed by atoms with Crippen LogP contribution in [0.2, 0.25) is 5.02 Å². The Balaban J connectivity index is 2.10. The van der Waals surface area contributed by atoms with Crippen LogP contribution in [0.1, 0.15) is 59.6 Å². The molecule has 1 N–H and O–H groups in total. The van der Waals surface area contributed by atoms with Gasteiger partial charge < -0.3 is 9.67 Å². The molecule has 1 aromatic heterocycles. The highest BCUT2D eigenvalue weighted by Gasteiger charge is 2.22. The van der Waals surface area contributed by atoms with Crippen LogP contribution in [0.5, 0.6) is 5.75 Å². The van der Waals surface area contributed by atoms with Crippen molar-refractivity contribution < 1.29 is 9.90 Å². The maximum Gasteiger partial charge on any atom is 0.268 e. The molecular formula is C19H17ClN2O3. The third-order valence-electron chi connectivity index (χ3n) is 4.60. The van der Waals surface area contributed by atoms with Gasteiger partial charge in [0.05, 0.1) is 5.56 Å². The lowest BCUT2D eigenvalue weighted by Crippen LogP contribution is -2.29. The Morgan fingerprint density at radius 1 is 1.24 bits per heavy atom. The minimum atomic E-state index is -0.471. The number of halogens is 1. The third kappa shape index (κ3) is 3.45. The molecule has 0 aliphatic heterocycles. The van der Waals surface area contributed by atoms with Crippen molar-refractivity contribution >= 4 is 17.4 Å². The van der Waals surface area contributed by atoms with E-state index in [2.05, 4.69) is 0 Å². The standard InChI is InChI=1S/C19H17ClN2O3/c20-14-6-7-17(23)16(9-14)18(24)13-8-12(10-21)19(25)22(11-13)15-4-2-1-3-5-15/h6-9,11,15,23H,1-5H2. The molecule has 3 rings (SSSR count). The zero-order valence-corrected chi connectivity index (χ0v) is 14.3. The first-order chi connectivity index (χ1) is 12.0. The Labute approximate surface area is 150 Å². The van der Waals surface area contributed by atoms with Gasteiger partial charge in [-0.1, -0.05) is 30.9 Å². The summed E-state index contributed by atoms with van der Waals surface area (Å²) in [6.07, 6.45) is 6.38. The average Bonchev–Trinajstić information content (AvgIpc) is 2.64. The number of phenolic OH excluding ortho intramolecular Hbond substituents is 1. The number of hydrogen-bond donors (Lipinski definition) is 1. The summed E-state index contributed by atoms with van der Waals surface area (Å²) in [6.45, 7) is 0. The smallest absolute Gasteiger partial charge is 0.268 e. The maximum atomic E-state index is 12.8. The number of hydrogen-bond acceptors (Lipinski definition) is 4. The third-order valence-corrected chi connectivity index (χ3v) is 4.83. The molecule has 1 aliphatic carbocycles. The predicted octanol–water partition coefficient (Wildman–Crippen LogP) is 3.82. The molecule has 0 amide bonds. The number of nitriles is 1. The van der Waals surface area contributed by atoms with E-state index in [1.165, 1.54) is 35.0 Å². The number of aromatic nitrogens is 1. The Kier molecular flexibility index (Phi) is 4.91. The molecular weight excluding hydrogens is 340 g/mol. The van der Waals surface area contributed by atoms with Gasteiger partial charge in [-0.15, -0.1) is 0 Å². The van der Waals surface area contributed by atoms with Crippen LogP contribution in [0, 0.1) is 11.3 Å². The van der Waals surface area contributed by atoms with Gasteiger partial charge in [-0.25, -0.2) is 0 Å². The monoisotopic (exact) mass is 356 g/mol. The molecule has 0 bridgehead atoms. The molecule has 2 aromatic rings. The molecule has 1 aromatic carbocycles. The zero-order valence-electron chi connectivity index (χ0n) is 13.5. The van der Waals surface area contributed by atoms with Gasteiger partial charge in [-0.2, -0.15) is 5.26 Å². The van der Waals surface area contributed by atoms with Gasteiger partial charge in [0, 0.05) is 22.8 Å². The van der Waals surface area contributed by atoms with Crippen molar-refractivity contribution in [1.29, 1.82) is 5.26 Å². The number of nitrogens with zero attached hydrogens (tertiary/aromatic N) is 2. The Morgan fingerprint density at radius 3 is 2.64 bits per heavy atom. The summed E-state index contributed by atoms with van der Waals surface area (Å²) in [6, 6.07) is 7.35. The molecule has 5 nitrogen and oxygen atoms in total. The number of phenols is 1. The lowest BCUT2D eigenvalue weighted by atomic mass is 9.94. The summed E-state index contributed by atoms with van der Waals surface area (Å²) in [7, 11) is 0. The van der Waals surface area contributed by atoms with E-state index in [-0.39, 0.29) is 34.0 Å². The van der Waals surface area contributed by atoms with E-state index in [1.807, 2.05) is 6.07 Å². The van der Waals surface area contributed by atoms with Gasteiger partial charge in [-0.05, 0) is 37.1 Å². The van der Waals surface area contributed by atoms with E-state index in [1.54, 1.807) is 0 Å². The number of pyridine rings is 1. The van der Waals surface area contributed by atoms with E-state index in [9.17, 15) is 20.0 Å². The van der Waals surface area contributed by atoms with Crippen LogP contribution >= 0.6 is 11.6 Å². The van der Waals surface area contributed by atoms with Crippen molar-refractivity contribution in [2.45, 2.75) is 38.1 Å². The van der Waals surface area contributed by atoms with Gasteiger partial charge in [0.25, 0.3) is 5.56 Å². The van der Waals surface area contributed by atoms with Crippen LogP contribution < -0.4 is 5.56 Å². The zero-order chi connectivity index (χ0) is 18.0. The van der Waals surface area contributed by atoms with Crippen molar-refractivity contribution in [3.05, 3.63) is 62.5 Å². The van der Waals surface area contributed by atoms with Crippen LogP contribution in [0.3, 0.4) is 0 Å². The average molecular weight is 357 g/mol. The molecule has 0 radical (unpaired) electrons. The lowest BCUT2D eigenvalue weighted by Gasteiger charge is -2.24. The molecule has 1 saturated carbocycles. The number of rotatable bonds is 3. The predicted molar refractivity (Wildman–Crippen MR) is 94.1 cm³/mol. The Morgan fingerprint density at radius 2 is 1.96 bits per heavy atom. The van der Waals surface area contributed by atoms with Crippen LogP contribution in [-0.4, -0.2) is 15.5 Å². The first kappa shape index (κ1) is 17.2. The summed E-state index contributed by atoms with van der Waals surface area (Å²) in [5.41, 5.74) is -0.205. The fraction of sp³-hybridized carbons (Fsp3) is 0.316. The SMILES string of the molecule is N#Cc1cc(C(=O)c2cc(Cl)ccc2O)cn(C2CCCCC2)c1=O. The first-order valence-electron chi connectivity index (χ1n) is 8.21. The normalized spacial score (nSPS) is 14.9. The maximum absolute atomic E-state index is 12.8. The van der Waals surface area contributed by atoms with Crippen LogP contribution in [0.25, 0.3) is 0 Å². The fourth-order valence-corrected chi connectivity index (χ4v) is 3.45. The highest BCUT2D eigenvalue weighted by Crippen LogP contribution is 2.28. The molecule has 0 atom stereocenters. The lowest BCUT2D eigenvalue weighted by molar-refractivity contribution is 0.103. The topological polar surface area (TPSA) is 83.1 Å². The van der Waals surface area contributed by atoms with E-state index in [0.717, 1.165) is 32.1 Å². The number of benzene rings is 1. The molecule has 25 heavy (non-hydrogen) atoms. The fourth-order valence-electron chi connectivity index (χ4n) is 3.28. The summed E-state index contributed by atoms with van der Waals surface area (Å²) in [5.74, 6) is -0.663. The summed E-state index contributed by atoms with van der Waals surface area (Å²) in [5, 5.41) is 19.5. The Bertz CT molecular complexity index is 921. The van der Waals surface area contributed by atoms with Gasteiger partial charge >= 0.3 is 0 Å². The van der Waals surface area contributed by atoms with Crippen LogP contribution in [0.15, 0.2) is 35.3 Å². The van der Waals surface area contributed by atoms with E-state index in [0.29, 0.717) is 5.02 Å². The highest BCUT2D eigenvalue weighted by atomic mass is 35.5. The molecule has 1 heterocycles. The summed E-state index contributed by atoms with van der Waals surface area (Å²) < 4.78 is 1.51. The molecule has 0 saturated heterocycles. The second-order valence-corrected chi connectivity index (χ2v) is 6.69. The number of carbonyl (C=O) groups is 1. The molecule has 0 spiro atoms. The highest BCUT2D eigenvalue weighted by molar-refractivity contribution is 6.31. The van der Waals surface area contributed by atoms with Gasteiger partial charge in [0.15, 0.2) is 5.78 Å². The second-order valence-electron chi connectivity index (χ2n) is 6.25. The summed E-state index contributed by atoms with van der Waals surface area (Å²) >= 11 is 5.91. The minimum Gasteiger partial charge on any atom is -0.507 e. The van der Waals surface area contributed by atoms with Gasteiger partial charge in [-0.3, -0.25) is 9.59 Å². The summed E-state index contributed by atoms with van der Waals surface area (Å²) in [4.78, 5) is 25.3. The van der Waals surface area contributed by atoms with Crippen molar-refractivity contribution in [3.63, 3.8) is 0 Å². The first-order valence-corrected chi connectivity index (χ1v) is 8.58. The quantitative estimate of drug-likeness (QED) is 0.847. The van der Waals surface area contributed by atoms with Gasteiger partial charge in [0.2, 0.25) is 0 Å². The number of ketones is 1. The van der Waals surface area contributed by atoms with E-state index >= 15 is 0 Å². The van der Waals surface area contributed by atoms with Crippen molar-refractivity contribution in [3.8, 4) is 11.8 Å². The molecule has 6 heteroatoms. The van der Waals surface area contributed by atoms with Crippen molar-refractivity contribution in [1.82, 2.24) is 4.57 Å². The van der Waals surface area contributed by atoms with E-state index in [4.69, 9.17) is 11.6 Å². The van der Waals surface area contributed by atoms with E-state index < -0.39 is 5.78 Å². The molecule has 0 unspecified atom stereocenters. The minimum absolute atomic E-state index is 0.00550. The van der Waals surface area contributed by atoms with Crippen molar-refractivity contribution in [2.24, 2.45) is 0 Å². The number of carbonyl (C=O) groups excluding carboxylic acids is 1. The van der Waals surface area contributed by atoms with Crippen molar-refractivity contribution in [2.75, 3.05) is 0 Å². The van der Waals surface area contributed by atoms with Gasteiger partial charge in [0.1, 0.15) is 17.4 Å². The largest absolute Gasteiger partial charge is 0.507 e. The van der Waals surface area contributed by atoms with Crippen LogP contribution in [-0.2, 0) is 0 Å². The second kappa shape index (κ2) is 7.12. The molecule has 1 fully saturated rings. The molecule has 128 valence electrons. The molecule has 1 aliphatic rings.